The molecule has 0 saturated carbocycles. The van der Waals surface area contributed by atoms with Crippen LogP contribution < -0.4 is 5.32 Å². The topological polar surface area (TPSA) is 95.9 Å². The van der Waals surface area contributed by atoms with Crippen molar-refractivity contribution in [1.82, 2.24) is 5.32 Å². The van der Waals surface area contributed by atoms with Crippen molar-refractivity contribution in [2.24, 2.45) is 0 Å². The Morgan fingerprint density at radius 1 is 0.384 bits per heavy atom. The first kappa shape index (κ1) is 71.3. The summed E-state index contributed by atoms with van der Waals surface area (Å²) in [5.74, 6) is -0.0251. The van der Waals surface area contributed by atoms with Crippen molar-refractivity contribution >= 4 is 11.9 Å². The molecule has 6 nitrogen and oxygen atoms in total. The molecule has 0 fully saturated rings. The minimum Gasteiger partial charge on any atom is -0.466 e. The van der Waals surface area contributed by atoms with Gasteiger partial charge in [0.1, 0.15) is 0 Å². The second kappa shape index (κ2) is 62.9. The Hall–Kier alpha value is -1.66. The van der Waals surface area contributed by atoms with E-state index in [4.69, 9.17) is 4.74 Å². The molecule has 2 unspecified atom stereocenters. The Labute approximate surface area is 456 Å². The van der Waals surface area contributed by atoms with Crippen molar-refractivity contribution in [2.75, 3.05) is 13.2 Å². The van der Waals surface area contributed by atoms with Crippen LogP contribution in [0.3, 0.4) is 0 Å². The standard InChI is InChI=1S/C67H129NO5/c1-3-5-7-9-11-13-15-17-18-34-37-41-45-49-53-57-61-67(72)73-62-58-54-50-46-42-38-35-32-30-28-26-24-22-20-19-21-23-25-27-29-31-33-36-40-44-48-52-56-60-66(71)68-64(63-69)65(70)59-55-51-47-43-39-16-14-12-10-8-6-4-2/h13,15,18,34,64-65,69-70H,3-12,14,16-17,19-33,35-63H2,1-2H3,(H,68,71)/b15-13-,34-18-. The number of carbonyl (C=O) groups excluding carboxylic acids is 2. The molecule has 0 aliphatic carbocycles. The summed E-state index contributed by atoms with van der Waals surface area (Å²) in [6.07, 6.45) is 77.8. The molecule has 0 bridgehead atoms. The number of esters is 1. The molecule has 0 aliphatic heterocycles. The molecule has 0 saturated heterocycles. The lowest BCUT2D eigenvalue weighted by Crippen LogP contribution is -2.45. The van der Waals surface area contributed by atoms with Crippen LogP contribution in [0.5, 0.6) is 0 Å². The molecular weight excluding hydrogens is 899 g/mol. The zero-order chi connectivity index (χ0) is 52.9. The number of aliphatic hydroxyl groups excluding tert-OH is 2. The van der Waals surface area contributed by atoms with Gasteiger partial charge in [0.15, 0.2) is 0 Å². The number of hydrogen-bond acceptors (Lipinski definition) is 5. The van der Waals surface area contributed by atoms with Crippen molar-refractivity contribution in [2.45, 2.75) is 379 Å². The molecule has 2 atom stereocenters. The van der Waals surface area contributed by atoms with Gasteiger partial charge in [-0.05, 0) is 57.8 Å². The highest BCUT2D eigenvalue weighted by molar-refractivity contribution is 5.76. The fraction of sp³-hybridized carbons (Fsp3) is 0.910. The Bertz CT molecular complexity index is 1140. The summed E-state index contributed by atoms with van der Waals surface area (Å²) in [5, 5.41) is 23.2. The Kier molecular flexibility index (Phi) is 61.4. The molecule has 0 spiro atoms. The summed E-state index contributed by atoms with van der Waals surface area (Å²) in [7, 11) is 0. The van der Waals surface area contributed by atoms with Gasteiger partial charge < -0.3 is 20.3 Å². The fourth-order valence-corrected chi connectivity index (χ4v) is 10.4. The summed E-state index contributed by atoms with van der Waals surface area (Å²) >= 11 is 0. The number of allylic oxidation sites excluding steroid dienone is 4. The normalized spacial score (nSPS) is 12.7. The summed E-state index contributed by atoms with van der Waals surface area (Å²) < 4.78 is 5.49. The molecule has 0 rings (SSSR count). The van der Waals surface area contributed by atoms with Crippen LogP contribution in [0.25, 0.3) is 0 Å². The maximum Gasteiger partial charge on any atom is 0.305 e. The maximum absolute atomic E-state index is 12.5. The van der Waals surface area contributed by atoms with Gasteiger partial charge >= 0.3 is 5.97 Å². The highest BCUT2D eigenvalue weighted by Crippen LogP contribution is 2.18. The van der Waals surface area contributed by atoms with Gasteiger partial charge in [0.2, 0.25) is 5.91 Å². The molecule has 0 heterocycles. The second-order valence-electron chi connectivity index (χ2n) is 22.8. The minimum atomic E-state index is -0.660. The van der Waals surface area contributed by atoms with Crippen molar-refractivity contribution in [3.8, 4) is 0 Å². The van der Waals surface area contributed by atoms with E-state index in [0.29, 0.717) is 25.9 Å². The molecule has 0 radical (unpaired) electrons. The number of amides is 1. The van der Waals surface area contributed by atoms with E-state index in [0.717, 1.165) is 51.4 Å². The van der Waals surface area contributed by atoms with Crippen LogP contribution in [-0.4, -0.2) is 47.4 Å². The third-order valence-corrected chi connectivity index (χ3v) is 15.5. The SMILES string of the molecule is CCCCCC/C=C\C/C=C\CCCCCCCC(=O)OCCCCCCCCCCCCCCCCCCCCCCCCCCCCCCC(=O)NC(CO)C(O)CCCCCCCCCCCCCC. The first-order valence-electron chi connectivity index (χ1n) is 33.1. The van der Waals surface area contributed by atoms with Crippen LogP contribution in [0.15, 0.2) is 24.3 Å². The van der Waals surface area contributed by atoms with Crippen molar-refractivity contribution in [3.05, 3.63) is 24.3 Å². The van der Waals surface area contributed by atoms with Crippen LogP contribution in [0, 0.1) is 0 Å². The molecule has 6 heteroatoms. The van der Waals surface area contributed by atoms with E-state index in [1.54, 1.807) is 0 Å². The average Bonchev–Trinajstić information content (AvgIpc) is 3.39. The van der Waals surface area contributed by atoms with Crippen molar-refractivity contribution in [1.29, 1.82) is 0 Å². The summed E-state index contributed by atoms with van der Waals surface area (Å²) in [6.45, 7) is 4.95. The second-order valence-corrected chi connectivity index (χ2v) is 22.8. The van der Waals surface area contributed by atoms with Gasteiger partial charge in [0.05, 0.1) is 25.4 Å². The summed E-state index contributed by atoms with van der Waals surface area (Å²) in [4.78, 5) is 24.5. The zero-order valence-corrected chi connectivity index (χ0v) is 49.4. The molecule has 0 aromatic rings. The number of carbonyl (C=O) groups is 2. The highest BCUT2D eigenvalue weighted by Gasteiger charge is 2.20. The fourth-order valence-electron chi connectivity index (χ4n) is 10.4. The summed E-state index contributed by atoms with van der Waals surface area (Å²) in [6, 6.07) is -0.538. The van der Waals surface area contributed by atoms with Gasteiger partial charge in [-0.25, -0.2) is 0 Å². The third-order valence-electron chi connectivity index (χ3n) is 15.5. The van der Waals surface area contributed by atoms with E-state index < -0.39 is 12.1 Å². The Balaban J connectivity index is 3.32. The quantitative estimate of drug-likeness (QED) is 0.0320. The van der Waals surface area contributed by atoms with Crippen molar-refractivity contribution in [3.63, 3.8) is 0 Å². The molecule has 1 amide bonds. The van der Waals surface area contributed by atoms with Crippen LogP contribution in [0.4, 0.5) is 0 Å². The molecule has 3 N–H and O–H groups in total. The van der Waals surface area contributed by atoms with Gasteiger partial charge in [0.25, 0.3) is 0 Å². The molecular formula is C67H129NO5. The third kappa shape index (κ3) is 59.4. The molecule has 0 aliphatic rings. The number of aliphatic hydroxyl groups is 2. The largest absolute Gasteiger partial charge is 0.466 e. The lowest BCUT2D eigenvalue weighted by molar-refractivity contribution is -0.143. The minimum absolute atomic E-state index is 0.00571. The molecule has 0 aromatic carbocycles. The number of ether oxygens (including phenoxy) is 1. The predicted octanol–water partition coefficient (Wildman–Crippen LogP) is 21.0. The van der Waals surface area contributed by atoms with Crippen LogP contribution in [-0.2, 0) is 14.3 Å². The average molecular weight is 1030 g/mol. The highest BCUT2D eigenvalue weighted by atomic mass is 16.5. The van der Waals surface area contributed by atoms with Gasteiger partial charge in [-0.3, -0.25) is 9.59 Å². The van der Waals surface area contributed by atoms with Crippen molar-refractivity contribution < 1.29 is 24.5 Å². The molecule has 73 heavy (non-hydrogen) atoms. The van der Waals surface area contributed by atoms with Crippen LogP contribution in [0.1, 0.15) is 367 Å². The van der Waals surface area contributed by atoms with E-state index in [1.165, 1.54) is 283 Å². The maximum atomic E-state index is 12.5. The monoisotopic (exact) mass is 1030 g/mol. The van der Waals surface area contributed by atoms with E-state index in [-0.39, 0.29) is 18.5 Å². The van der Waals surface area contributed by atoms with Crippen LogP contribution >= 0.6 is 0 Å². The molecule has 0 aromatic heterocycles. The van der Waals surface area contributed by atoms with E-state index in [1.807, 2.05) is 0 Å². The van der Waals surface area contributed by atoms with Gasteiger partial charge in [-0.15, -0.1) is 0 Å². The lowest BCUT2D eigenvalue weighted by atomic mass is 10.0. The number of nitrogens with one attached hydrogen (secondary N) is 1. The van der Waals surface area contributed by atoms with E-state index >= 15 is 0 Å². The predicted molar refractivity (Wildman–Crippen MR) is 320 cm³/mol. The first-order chi connectivity index (χ1) is 36.0. The number of unbranched alkanes of at least 4 members (excludes halogenated alkanes) is 47. The number of hydrogen-bond donors (Lipinski definition) is 3. The lowest BCUT2D eigenvalue weighted by Gasteiger charge is -2.22. The Morgan fingerprint density at radius 2 is 0.685 bits per heavy atom. The smallest absolute Gasteiger partial charge is 0.305 e. The van der Waals surface area contributed by atoms with E-state index in [9.17, 15) is 19.8 Å². The zero-order valence-electron chi connectivity index (χ0n) is 49.4. The Morgan fingerprint density at radius 3 is 1.05 bits per heavy atom. The van der Waals surface area contributed by atoms with Gasteiger partial charge in [-0.2, -0.15) is 0 Å². The van der Waals surface area contributed by atoms with Gasteiger partial charge in [-0.1, -0.05) is 321 Å². The van der Waals surface area contributed by atoms with Gasteiger partial charge in [0, 0.05) is 12.8 Å². The summed E-state index contributed by atoms with van der Waals surface area (Å²) in [5.41, 5.74) is 0. The first-order valence-corrected chi connectivity index (χ1v) is 33.1. The van der Waals surface area contributed by atoms with Crippen LogP contribution in [0.2, 0.25) is 0 Å². The number of rotatable bonds is 62. The van der Waals surface area contributed by atoms with E-state index in [2.05, 4.69) is 43.5 Å². The molecule has 432 valence electrons.